The molecule has 4 rings (SSSR count). The van der Waals surface area contributed by atoms with Gasteiger partial charge in [-0.25, -0.2) is 0 Å². The molecule has 0 unspecified atom stereocenters. The molecule has 3 aromatic carbocycles. The van der Waals surface area contributed by atoms with Crippen LogP contribution in [0.1, 0.15) is 12.5 Å². The number of thioether (sulfide) groups is 1. The molecule has 4 aromatic rings. The number of carbonyl (C=O) groups is 1. The van der Waals surface area contributed by atoms with Crippen molar-refractivity contribution in [2.45, 2.75) is 24.3 Å². The molecule has 9 heteroatoms. The molecule has 0 bridgehead atoms. The topological polar surface area (TPSA) is 103 Å². The first-order chi connectivity index (χ1) is 15.9. The van der Waals surface area contributed by atoms with Crippen LogP contribution in [-0.4, -0.2) is 30.8 Å². The number of nitrogens with one attached hydrogen (secondary N) is 1. The van der Waals surface area contributed by atoms with E-state index in [2.05, 4.69) is 15.5 Å². The highest BCUT2D eigenvalue weighted by Gasteiger charge is 2.22. The van der Waals surface area contributed by atoms with Gasteiger partial charge in [-0.1, -0.05) is 48.2 Å². The first-order valence-corrected chi connectivity index (χ1v) is 11.1. The third-order valence-electron chi connectivity index (χ3n) is 5.04. The second kappa shape index (κ2) is 9.66. The Kier molecular flexibility index (Phi) is 6.50. The predicted octanol–water partition coefficient (Wildman–Crippen LogP) is 5.27. The zero-order valence-electron chi connectivity index (χ0n) is 18.0. The van der Waals surface area contributed by atoms with Crippen LogP contribution in [0.2, 0.25) is 0 Å². The average Bonchev–Trinajstić information content (AvgIpc) is 3.24. The minimum Gasteiger partial charge on any atom is -0.325 e. The van der Waals surface area contributed by atoms with Gasteiger partial charge in [0.25, 0.3) is 5.69 Å². The van der Waals surface area contributed by atoms with E-state index in [0.29, 0.717) is 16.5 Å². The van der Waals surface area contributed by atoms with Gasteiger partial charge in [-0.3, -0.25) is 19.5 Å². The molecule has 166 valence electrons. The van der Waals surface area contributed by atoms with Crippen molar-refractivity contribution >= 4 is 29.0 Å². The average molecular weight is 460 g/mol. The van der Waals surface area contributed by atoms with Gasteiger partial charge in [-0.15, -0.1) is 10.2 Å². The zero-order chi connectivity index (χ0) is 23.4. The number of aryl methyl sites for hydroxylation is 1. The molecule has 0 saturated heterocycles. The standard InChI is InChI=1S/C24H21N5O3S/c1-16-8-6-7-11-21(16)25-23(30)17(2)33-24-27-26-22(28(24)19-9-4-3-5-10-19)18-12-14-20(15-13-18)29(31)32/h3-15,17H,1-2H3,(H,25,30)/t17-/m0/s1. The van der Waals surface area contributed by atoms with E-state index in [1.165, 1.54) is 23.9 Å². The van der Waals surface area contributed by atoms with Crippen molar-refractivity contribution < 1.29 is 9.72 Å². The van der Waals surface area contributed by atoms with E-state index in [1.807, 2.05) is 73.0 Å². The Hall–Kier alpha value is -3.98. The van der Waals surface area contributed by atoms with E-state index >= 15 is 0 Å². The second-order valence-electron chi connectivity index (χ2n) is 7.35. The maximum absolute atomic E-state index is 12.8. The minimum absolute atomic E-state index is 0.000577. The van der Waals surface area contributed by atoms with Gasteiger partial charge in [0.15, 0.2) is 11.0 Å². The van der Waals surface area contributed by atoms with Crippen LogP contribution in [0.4, 0.5) is 11.4 Å². The van der Waals surface area contributed by atoms with E-state index < -0.39 is 10.2 Å². The van der Waals surface area contributed by atoms with E-state index in [0.717, 1.165) is 16.9 Å². The Morgan fingerprint density at radius 1 is 1.00 bits per heavy atom. The lowest BCUT2D eigenvalue weighted by Gasteiger charge is -2.15. The number of non-ortho nitro benzene ring substituents is 1. The van der Waals surface area contributed by atoms with E-state index in [4.69, 9.17) is 0 Å². The van der Waals surface area contributed by atoms with Crippen LogP contribution in [-0.2, 0) is 4.79 Å². The molecule has 1 aromatic heterocycles. The summed E-state index contributed by atoms with van der Waals surface area (Å²) in [5.74, 6) is 0.388. The summed E-state index contributed by atoms with van der Waals surface area (Å²) in [4.78, 5) is 23.4. The van der Waals surface area contributed by atoms with Crippen molar-refractivity contribution in [1.82, 2.24) is 14.8 Å². The summed E-state index contributed by atoms with van der Waals surface area (Å²) in [5, 5.41) is 22.7. The summed E-state index contributed by atoms with van der Waals surface area (Å²) in [5.41, 5.74) is 3.26. The van der Waals surface area contributed by atoms with Gasteiger partial charge < -0.3 is 5.32 Å². The highest BCUT2D eigenvalue weighted by atomic mass is 32.2. The molecule has 0 fully saturated rings. The largest absolute Gasteiger partial charge is 0.325 e. The number of benzene rings is 3. The molecule has 0 saturated carbocycles. The molecule has 0 aliphatic carbocycles. The molecule has 0 radical (unpaired) electrons. The quantitative estimate of drug-likeness (QED) is 0.229. The predicted molar refractivity (Wildman–Crippen MR) is 129 cm³/mol. The Balaban J connectivity index is 1.65. The number of amides is 1. The van der Waals surface area contributed by atoms with Crippen molar-refractivity contribution in [2.24, 2.45) is 0 Å². The fourth-order valence-corrected chi connectivity index (χ4v) is 4.10. The number of nitro benzene ring substituents is 1. The Labute approximate surface area is 194 Å². The van der Waals surface area contributed by atoms with Crippen LogP contribution in [0.3, 0.4) is 0 Å². The first kappa shape index (κ1) is 22.2. The maximum Gasteiger partial charge on any atom is 0.269 e. The number of nitrogens with zero attached hydrogens (tertiary/aromatic N) is 4. The van der Waals surface area contributed by atoms with Crippen molar-refractivity contribution in [3.63, 3.8) is 0 Å². The summed E-state index contributed by atoms with van der Waals surface area (Å²) >= 11 is 1.29. The van der Waals surface area contributed by atoms with Crippen LogP contribution < -0.4 is 5.32 Å². The van der Waals surface area contributed by atoms with Crippen LogP contribution >= 0.6 is 11.8 Å². The zero-order valence-corrected chi connectivity index (χ0v) is 18.8. The Morgan fingerprint density at radius 2 is 1.67 bits per heavy atom. The Morgan fingerprint density at radius 3 is 2.33 bits per heavy atom. The fourth-order valence-electron chi connectivity index (χ4n) is 3.23. The number of rotatable bonds is 7. The highest BCUT2D eigenvalue weighted by molar-refractivity contribution is 8.00. The summed E-state index contributed by atoms with van der Waals surface area (Å²) in [6.07, 6.45) is 0. The van der Waals surface area contributed by atoms with E-state index in [-0.39, 0.29) is 11.6 Å². The van der Waals surface area contributed by atoms with E-state index in [1.54, 1.807) is 12.1 Å². The van der Waals surface area contributed by atoms with Crippen LogP contribution in [0.5, 0.6) is 0 Å². The minimum atomic E-state index is -0.444. The highest BCUT2D eigenvalue weighted by Crippen LogP contribution is 2.31. The van der Waals surface area contributed by atoms with Gasteiger partial charge in [0.05, 0.1) is 10.2 Å². The summed E-state index contributed by atoms with van der Waals surface area (Å²) in [6, 6.07) is 23.3. The number of carbonyl (C=O) groups excluding carboxylic acids is 1. The second-order valence-corrected chi connectivity index (χ2v) is 8.65. The number of aromatic nitrogens is 3. The lowest BCUT2D eigenvalue weighted by atomic mass is 10.2. The first-order valence-electron chi connectivity index (χ1n) is 10.2. The third kappa shape index (κ3) is 4.93. The number of anilines is 1. The summed E-state index contributed by atoms with van der Waals surface area (Å²) in [6.45, 7) is 3.75. The third-order valence-corrected chi connectivity index (χ3v) is 6.08. The normalized spacial score (nSPS) is 11.7. The van der Waals surface area contributed by atoms with Crippen molar-refractivity contribution in [2.75, 3.05) is 5.32 Å². The molecule has 1 N–H and O–H groups in total. The molecule has 1 heterocycles. The SMILES string of the molecule is Cc1ccccc1NC(=O)[C@H](C)Sc1nnc(-c2ccc([N+](=O)[O-])cc2)n1-c1ccccc1. The smallest absolute Gasteiger partial charge is 0.269 e. The summed E-state index contributed by atoms with van der Waals surface area (Å²) in [7, 11) is 0. The molecular weight excluding hydrogens is 438 g/mol. The molecule has 0 spiro atoms. The van der Waals surface area contributed by atoms with Gasteiger partial charge in [-0.2, -0.15) is 0 Å². The van der Waals surface area contributed by atoms with Gasteiger partial charge in [-0.05, 0) is 49.7 Å². The molecule has 33 heavy (non-hydrogen) atoms. The van der Waals surface area contributed by atoms with Crippen molar-refractivity contribution in [3.05, 3.63) is 94.5 Å². The van der Waals surface area contributed by atoms with Crippen molar-refractivity contribution in [3.8, 4) is 17.1 Å². The van der Waals surface area contributed by atoms with Crippen molar-refractivity contribution in [1.29, 1.82) is 0 Å². The number of hydrogen-bond donors (Lipinski definition) is 1. The number of nitro groups is 1. The monoisotopic (exact) mass is 459 g/mol. The van der Waals surface area contributed by atoms with Gasteiger partial charge in [0.2, 0.25) is 5.91 Å². The number of hydrogen-bond acceptors (Lipinski definition) is 6. The lowest BCUT2D eigenvalue weighted by Crippen LogP contribution is -2.23. The van der Waals surface area contributed by atoms with Gasteiger partial charge >= 0.3 is 0 Å². The Bertz CT molecular complexity index is 1290. The molecule has 1 amide bonds. The van der Waals surface area contributed by atoms with Crippen LogP contribution in [0, 0.1) is 17.0 Å². The molecule has 0 aliphatic heterocycles. The maximum atomic E-state index is 12.8. The van der Waals surface area contributed by atoms with Crippen LogP contribution in [0.25, 0.3) is 17.1 Å². The molecule has 0 aliphatic rings. The molecule has 1 atom stereocenters. The van der Waals surface area contributed by atoms with E-state index in [9.17, 15) is 14.9 Å². The van der Waals surface area contributed by atoms with Gasteiger partial charge in [0, 0.05) is 29.1 Å². The lowest BCUT2D eigenvalue weighted by molar-refractivity contribution is -0.384. The molecular formula is C24H21N5O3S. The summed E-state index contributed by atoms with van der Waals surface area (Å²) < 4.78 is 1.85. The fraction of sp³-hybridized carbons (Fsp3) is 0.125. The van der Waals surface area contributed by atoms with Gasteiger partial charge in [0.1, 0.15) is 0 Å². The number of para-hydroxylation sites is 2. The van der Waals surface area contributed by atoms with Crippen LogP contribution in [0.15, 0.2) is 84.0 Å². The molecule has 8 nitrogen and oxygen atoms in total.